The van der Waals surface area contributed by atoms with Crippen LogP contribution < -0.4 is 5.48 Å². The molecule has 2 N–H and O–H groups in total. The number of esters is 1. The van der Waals surface area contributed by atoms with Crippen molar-refractivity contribution in [2.45, 2.75) is 20.0 Å². The lowest BCUT2D eigenvalue weighted by Gasteiger charge is -2.11. The number of rotatable bonds is 7. The van der Waals surface area contributed by atoms with Crippen molar-refractivity contribution in [3.8, 4) is 0 Å². The van der Waals surface area contributed by atoms with Crippen molar-refractivity contribution in [2.24, 2.45) is 0 Å². The molecule has 0 aromatic heterocycles. The summed E-state index contributed by atoms with van der Waals surface area (Å²) in [5.74, 6) is -0.500. The summed E-state index contributed by atoms with van der Waals surface area (Å²) < 4.78 is 4.71. The summed E-state index contributed by atoms with van der Waals surface area (Å²) in [6.45, 7) is 7.45. The van der Waals surface area contributed by atoms with Crippen molar-refractivity contribution < 1.29 is 19.5 Å². The standard InChI is InChI=1S/C9H17NO4/c1-4-14-10-5-8(11)6-13-9(12)7(2)3/h8,10-11H,2,4-6H2,1,3H3. The van der Waals surface area contributed by atoms with E-state index in [2.05, 4.69) is 12.1 Å². The third-order valence-electron chi connectivity index (χ3n) is 1.32. The van der Waals surface area contributed by atoms with Crippen molar-refractivity contribution >= 4 is 5.97 Å². The number of nitrogens with one attached hydrogen (secondary N) is 1. The SMILES string of the molecule is C=C(C)C(=O)OCC(O)CNOCC. The molecular formula is C9H17NO4. The predicted molar refractivity (Wildman–Crippen MR) is 51.4 cm³/mol. The molecule has 0 spiro atoms. The van der Waals surface area contributed by atoms with Gasteiger partial charge in [0.2, 0.25) is 0 Å². The van der Waals surface area contributed by atoms with Crippen LogP contribution in [-0.4, -0.2) is 36.9 Å². The van der Waals surface area contributed by atoms with E-state index in [1.54, 1.807) is 6.92 Å². The maximum absolute atomic E-state index is 10.9. The summed E-state index contributed by atoms with van der Waals surface area (Å²) >= 11 is 0. The van der Waals surface area contributed by atoms with Gasteiger partial charge in [0, 0.05) is 5.57 Å². The molecule has 1 atom stereocenters. The Bertz CT molecular complexity index is 193. The topological polar surface area (TPSA) is 67.8 Å². The first kappa shape index (κ1) is 13.1. The molecule has 0 aliphatic carbocycles. The largest absolute Gasteiger partial charge is 0.460 e. The van der Waals surface area contributed by atoms with Crippen molar-refractivity contribution in [3.63, 3.8) is 0 Å². The van der Waals surface area contributed by atoms with Crippen LogP contribution in [0, 0.1) is 0 Å². The highest BCUT2D eigenvalue weighted by Gasteiger charge is 2.08. The molecule has 0 aromatic carbocycles. The third kappa shape index (κ3) is 6.59. The molecule has 0 fully saturated rings. The van der Waals surface area contributed by atoms with E-state index in [9.17, 15) is 9.90 Å². The second-order valence-electron chi connectivity index (χ2n) is 2.81. The normalized spacial score (nSPS) is 12.2. The van der Waals surface area contributed by atoms with Gasteiger partial charge in [-0.25, -0.2) is 4.79 Å². The molecule has 1 unspecified atom stereocenters. The minimum atomic E-state index is -0.773. The van der Waals surface area contributed by atoms with Gasteiger partial charge < -0.3 is 14.7 Å². The fraction of sp³-hybridized carbons (Fsp3) is 0.667. The number of hydroxylamine groups is 1. The molecule has 5 nitrogen and oxygen atoms in total. The molecule has 5 heteroatoms. The van der Waals surface area contributed by atoms with Gasteiger partial charge in [-0.3, -0.25) is 0 Å². The van der Waals surface area contributed by atoms with Crippen molar-refractivity contribution in [1.82, 2.24) is 5.48 Å². The molecule has 0 bridgehead atoms. The highest BCUT2D eigenvalue weighted by atomic mass is 16.6. The van der Waals surface area contributed by atoms with Gasteiger partial charge in [0.25, 0.3) is 0 Å². The number of ether oxygens (including phenoxy) is 1. The Balaban J connectivity index is 3.48. The molecule has 0 rings (SSSR count). The van der Waals surface area contributed by atoms with Crippen molar-refractivity contribution in [2.75, 3.05) is 19.8 Å². The Kier molecular flexibility index (Phi) is 7.00. The summed E-state index contributed by atoms with van der Waals surface area (Å²) in [6.07, 6.45) is -0.773. The Morgan fingerprint density at radius 3 is 2.79 bits per heavy atom. The first-order valence-corrected chi connectivity index (χ1v) is 4.43. The highest BCUT2D eigenvalue weighted by molar-refractivity contribution is 5.86. The maximum atomic E-state index is 10.9. The predicted octanol–water partition coefficient (Wildman–Crippen LogP) is 0.00770. The van der Waals surface area contributed by atoms with E-state index in [0.717, 1.165) is 0 Å². The average molecular weight is 203 g/mol. The van der Waals surface area contributed by atoms with Gasteiger partial charge >= 0.3 is 5.97 Å². The lowest BCUT2D eigenvalue weighted by atomic mass is 10.3. The molecule has 0 aromatic rings. The molecule has 0 saturated carbocycles. The molecule has 14 heavy (non-hydrogen) atoms. The Hall–Kier alpha value is -0.910. The summed E-state index contributed by atoms with van der Waals surface area (Å²) in [4.78, 5) is 15.7. The maximum Gasteiger partial charge on any atom is 0.333 e. The summed E-state index contributed by atoms with van der Waals surface area (Å²) in [5, 5.41) is 9.26. The molecule has 0 saturated heterocycles. The summed E-state index contributed by atoms with van der Waals surface area (Å²) in [5.41, 5.74) is 2.84. The van der Waals surface area contributed by atoms with Crippen LogP contribution in [0.3, 0.4) is 0 Å². The minimum absolute atomic E-state index is 0.0637. The quantitative estimate of drug-likeness (QED) is 0.264. The van der Waals surface area contributed by atoms with E-state index in [0.29, 0.717) is 12.2 Å². The van der Waals surface area contributed by atoms with E-state index >= 15 is 0 Å². The van der Waals surface area contributed by atoms with Gasteiger partial charge in [-0.05, 0) is 13.8 Å². The molecule has 0 amide bonds. The zero-order valence-corrected chi connectivity index (χ0v) is 8.58. The summed E-state index contributed by atoms with van der Waals surface area (Å²) in [7, 11) is 0. The van der Waals surface area contributed by atoms with Crippen LogP contribution in [0.25, 0.3) is 0 Å². The number of hydrogen-bond donors (Lipinski definition) is 2. The molecule has 0 aliphatic heterocycles. The van der Waals surface area contributed by atoms with Crippen LogP contribution >= 0.6 is 0 Å². The van der Waals surface area contributed by atoms with Crippen LogP contribution in [0.2, 0.25) is 0 Å². The number of carbonyl (C=O) groups excluding carboxylic acids is 1. The first-order chi connectivity index (χ1) is 6.57. The van der Waals surface area contributed by atoms with Gasteiger partial charge in [0.05, 0.1) is 13.2 Å². The first-order valence-electron chi connectivity index (χ1n) is 4.43. The van der Waals surface area contributed by atoms with E-state index in [-0.39, 0.29) is 13.2 Å². The van der Waals surface area contributed by atoms with Crippen LogP contribution in [0.5, 0.6) is 0 Å². The van der Waals surface area contributed by atoms with Gasteiger partial charge in [0.15, 0.2) is 0 Å². The van der Waals surface area contributed by atoms with Gasteiger partial charge in [-0.1, -0.05) is 6.58 Å². The summed E-state index contributed by atoms with van der Waals surface area (Å²) in [6, 6.07) is 0. The van der Waals surface area contributed by atoms with Crippen molar-refractivity contribution in [1.29, 1.82) is 0 Å². The molecule has 82 valence electrons. The Morgan fingerprint density at radius 2 is 2.29 bits per heavy atom. The zero-order valence-electron chi connectivity index (χ0n) is 8.58. The zero-order chi connectivity index (χ0) is 11.0. The van der Waals surface area contributed by atoms with Crippen molar-refractivity contribution in [3.05, 3.63) is 12.2 Å². The Labute approximate surface area is 83.7 Å². The minimum Gasteiger partial charge on any atom is -0.460 e. The second kappa shape index (κ2) is 7.49. The fourth-order valence-electron chi connectivity index (χ4n) is 0.611. The van der Waals surface area contributed by atoms with E-state index in [1.165, 1.54) is 0 Å². The Morgan fingerprint density at radius 1 is 1.64 bits per heavy atom. The molecule has 0 radical (unpaired) electrons. The number of hydrogen-bond acceptors (Lipinski definition) is 5. The number of carbonyl (C=O) groups is 1. The van der Waals surface area contributed by atoms with Crippen LogP contribution in [-0.2, 0) is 14.4 Å². The van der Waals surface area contributed by atoms with Gasteiger partial charge in [-0.15, -0.1) is 0 Å². The lowest BCUT2D eigenvalue weighted by Crippen LogP contribution is -2.31. The van der Waals surface area contributed by atoms with E-state index < -0.39 is 12.1 Å². The molecule has 0 heterocycles. The lowest BCUT2D eigenvalue weighted by molar-refractivity contribution is -0.142. The molecular weight excluding hydrogens is 186 g/mol. The van der Waals surface area contributed by atoms with E-state index in [4.69, 9.17) is 9.57 Å². The van der Waals surface area contributed by atoms with Gasteiger partial charge in [0.1, 0.15) is 12.7 Å². The second-order valence-corrected chi connectivity index (χ2v) is 2.81. The van der Waals surface area contributed by atoms with Crippen LogP contribution in [0.4, 0.5) is 0 Å². The smallest absolute Gasteiger partial charge is 0.333 e. The third-order valence-corrected chi connectivity index (χ3v) is 1.32. The average Bonchev–Trinajstić information content (AvgIpc) is 2.14. The van der Waals surface area contributed by atoms with E-state index in [1.807, 2.05) is 6.92 Å². The monoisotopic (exact) mass is 203 g/mol. The van der Waals surface area contributed by atoms with Crippen LogP contribution in [0.1, 0.15) is 13.8 Å². The van der Waals surface area contributed by atoms with Crippen LogP contribution in [0.15, 0.2) is 12.2 Å². The fourth-order valence-corrected chi connectivity index (χ4v) is 0.611. The highest BCUT2D eigenvalue weighted by Crippen LogP contribution is 1.93. The number of aliphatic hydroxyl groups is 1. The number of aliphatic hydroxyl groups excluding tert-OH is 1. The van der Waals surface area contributed by atoms with Gasteiger partial charge in [-0.2, -0.15) is 5.48 Å². The molecule has 0 aliphatic rings.